The molecule has 3 N–H and O–H groups in total. The van der Waals surface area contributed by atoms with Crippen LogP contribution in [0.1, 0.15) is 45.6 Å². The minimum Gasteiger partial charge on any atom is -0.389 e. The first-order valence-corrected chi connectivity index (χ1v) is 7.54. The van der Waals surface area contributed by atoms with E-state index in [-0.39, 0.29) is 0 Å². The zero-order valence-electron chi connectivity index (χ0n) is 11.9. The molecule has 106 valence electrons. The Balaban J connectivity index is 2.54. The number of hydrogen-bond donors (Lipinski definition) is 2. The Labute approximate surface area is 126 Å². The Morgan fingerprint density at radius 2 is 2.00 bits per heavy atom. The highest BCUT2D eigenvalue weighted by atomic mass is 35.5. The summed E-state index contributed by atoms with van der Waals surface area (Å²) in [4.78, 5) is 0.374. The quantitative estimate of drug-likeness (QED) is 0.722. The van der Waals surface area contributed by atoms with Crippen LogP contribution in [-0.2, 0) is 0 Å². The lowest BCUT2D eigenvalue weighted by Crippen LogP contribution is -2.16. The second-order valence-electron chi connectivity index (χ2n) is 5.43. The summed E-state index contributed by atoms with van der Waals surface area (Å²) in [7, 11) is 0. The predicted octanol–water partition coefficient (Wildman–Crippen LogP) is 4.60. The third kappa shape index (κ3) is 5.79. The van der Waals surface area contributed by atoms with Crippen LogP contribution in [0.5, 0.6) is 0 Å². The summed E-state index contributed by atoms with van der Waals surface area (Å²) in [6.45, 7) is 6.69. The van der Waals surface area contributed by atoms with Crippen molar-refractivity contribution < 1.29 is 0 Å². The minimum atomic E-state index is 0.374. The number of nitrogens with one attached hydrogen (secondary N) is 1. The number of halogens is 1. The van der Waals surface area contributed by atoms with Crippen LogP contribution >= 0.6 is 23.8 Å². The molecular formula is C15H23ClN2S. The Hall–Kier alpha value is -0.800. The molecule has 0 aromatic heterocycles. The van der Waals surface area contributed by atoms with Crippen LogP contribution in [0, 0.1) is 5.92 Å². The van der Waals surface area contributed by atoms with Gasteiger partial charge >= 0.3 is 0 Å². The van der Waals surface area contributed by atoms with Crippen LogP contribution < -0.4 is 11.1 Å². The molecule has 0 radical (unpaired) electrons. The van der Waals surface area contributed by atoms with Gasteiger partial charge in [-0.15, -0.1) is 0 Å². The van der Waals surface area contributed by atoms with Gasteiger partial charge in [-0.25, -0.2) is 0 Å². The molecular weight excluding hydrogens is 276 g/mol. The Kier molecular flexibility index (Phi) is 6.59. The third-order valence-corrected chi connectivity index (χ3v) is 3.62. The molecule has 0 fully saturated rings. The fourth-order valence-electron chi connectivity index (χ4n) is 1.96. The van der Waals surface area contributed by atoms with Crippen LogP contribution in [0.3, 0.4) is 0 Å². The smallest absolute Gasteiger partial charge is 0.104 e. The highest BCUT2D eigenvalue weighted by Crippen LogP contribution is 2.24. The van der Waals surface area contributed by atoms with E-state index in [1.165, 1.54) is 12.8 Å². The Morgan fingerprint density at radius 1 is 1.32 bits per heavy atom. The third-order valence-electron chi connectivity index (χ3n) is 3.07. The first kappa shape index (κ1) is 16.3. The summed E-state index contributed by atoms with van der Waals surface area (Å²) in [5, 5.41) is 4.10. The monoisotopic (exact) mass is 298 g/mol. The molecule has 0 heterocycles. The number of nitrogens with two attached hydrogens (primary N) is 1. The van der Waals surface area contributed by atoms with Gasteiger partial charge in [0.15, 0.2) is 0 Å². The van der Waals surface area contributed by atoms with Crippen molar-refractivity contribution in [3.63, 3.8) is 0 Å². The van der Waals surface area contributed by atoms with Crippen LogP contribution in [0.25, 0.3) is 0 Å². The van der Waals surface area contributed by atoms with Crippen molar-refractivity contribution in [1.82, 2.24) is 0 Å². The number of thiocarbonyl (C=S) groups is 1. The lowest BCUT2D eigenvalue weighted by atomic mass is 10.0. The first-order valence-electron chi connectivity index (χ1n) is 6.76. The van der Waals surface area contributed by atoms with Gasteiger partial charge in [-0.1, -0.05) is 50.5 Å². The average molecular weight is 299 g/mol. The number of rotatable bonds is 7. The van der Waals surface area contributed by atoms with Crippen LogP contribution in [-0.4, -0.2) is 11.0 Å². The fraction of sp³-hybridized carbons (Fsp3) is 0.533. The van der Waals surface area contributed by atoms with E-state index in [1.807, 2.05) is 18.2 Å². The summed E-state index contributed by atoms with van der Waals surface area (Å²) >= 11 is 11.2. The fourth-order valence-corrected chi connectivity index (χ4v) is 2.32. The van der Waals surface area contributed by atoms with Crippen molar-refractivity contribution in [2.45, 2.75) is 46.1 Å². The van der Waals surface area contributed by atoms with E-state index in [4.69, 9.17) is 29.6 Å². The van der Waals surface area contributed by atoms with Crippen molar-refractivity contribution in [2.24, 2.45) is 11.7 Å². The van der Waals surface area contributed by atoms with Gasteiger partial charge in [-0.2, -0.15) is 0 Å². The predicted molar refractivity (Wildman–Crippen MR) is 89.1 cm³/mol. The highest BCUT2D eigenvalue weighted by Gasteiger charge is 2.07. The maximum atomic E-state index is 6.22. The summed E-state index contributed by atoms with van der Waals surface area (Å²) in [5.41, 5.74) is 7.33. The molecule has 1 aromatic carbocycles. The standard InChI is InChI=1S/C15H23ClN2S/c1-10(2)5-4-6-11(3)18-14-8-7-12(15(17)19)9-13(14)16/h7-11,18H,4-6H2,1-3H3,(H2,17,19). The zero-order valence-corrected chi connectivity index (χ0v) is 13.4. The Bertz CT molecular complexity index is 432. The van der Waals surface area contributed by atoms with E-state index in [1.54, 1.807) is 0 Å². The molecule has 0 aliphatic rings. The molecule has 0 spiro atoms. The molecule has 2 nitrogen and oxygen atoms in total. The molecule has 0 saturated heterocycles. The van der Waals surface area contributed by atoms with Gasteiger partial charge in [-0.3, -0.25) is 0 Å². The molecule has 1 aromatic rings. The summed E-state index contributed by atoms with van der Waals surface area (Å²) < 4.78 is 0. The zero-order chi connectivity index (χ0) is 14.4. The van der Waals surface area contributed by atoms with E-state index in [2.05, 4.69) is 26.1 Å². The molecule has 0 saturated carbocycles. The lowest BCUT2D eigenvalue weighted by molar-refractivity contribution is 0.520. The van der Waals surface area contributed by atoms with E-state index >= 15 is 0 Å². The number of anilines is 1. The van der Waals surface area contributed by atoms with Gasteiger partial charge in [0.2, 0.25) is 0 Å². The van der Waals surface area contributed by atoms with Crippen LogP contribution in [0.2, 0.25) is 5.02 Å². The molecule has 19 heavy (non-hydrogen) atoms. The second-order valence-corrected chi connectivity index (χ2v) is 6.28. The van der Waals surface area contributed by atoms with Gasteiger partial charge in [0.05, 0.1) is 10.7 Å². The van der Waals surface area contributed by atoms with Crippen molar-refractivity contribution in [2.75, 3.05) is 5.32 Å². The summed E-state index contributed by atoms with van der Waals surface area (Å²) in [5.74, 6) is 0.764. The first-order chi connectivity index (χ1) is 8.90. The maximum absolute atomic E-state index is 6.22. The minimum absolute atomic E-state index is 0.374. The van der Waals surface area contributed by atoms with Crippen molar-refractivity contribution in [3.05, 3.63) is 28.8 Å². The van der Waals surface area contributed by atoms with Gasteiger partial charge in [0.1, 0.15) is 4.99 Å². The van der Waals surface area contributed by atoms with Crippen LogP contribution in [0.15, 0.2) is 18.2 Å². The molecule has 0 amide bonds. The number of hydrogen-bond acceptors (Lipinski definition) is 2. The van der Waals surface area contributed by atoms with Gasteiger partial charge in [0, 0.05) is 11.6 Å². The summed E-state index contributed by atoms with van der Waals surface area (Å²) in [6, 6.07) is 6.06. The number of benzene rings is 1. The van der Waals surface area contributed by atoms with Crippen molar-refractivity contribution in [1.29, 1.82) is 0 Å². The van der Waals surface area contributed by atoms with Crippen molar-refractivity contribution in [3.8, 4) is 0 Å². The summed E-state index contributed by atoms with van der Waals surface area (Å²) in [6.07, 6.45) is 3.64. The highest BCUT2D eigenvalue weighted by molar-refractivity contribution is 7.80. The normalized spacial score (nSPS) is 12.5. The second kappa shape index (κ2) is 7.71. The van der Waals surface area contributed by atoms with E-state index in [9.17, 15) is 0 Å². The molecule has 0 aliphatic heterocycles. The van der Waals surface area contributed by atoms with Crippen LogP contribution in [0.4, 0.5) is 5.69 Å². The van der Waals surface area contributed by atoms with Gasteiger partial charge in [-0.05, 0) is 37.5 Å². The lowest BCUT2D eigenvalue weighted by Gasteiger charge is -2.17. The molecule has 1 rings (SSSR count). The van der Waals surface area contributed by atoms with E-state index in [0.29, 0.717) is 16.1 Å². The molecule has 0 bridgehead atoms. The van der Waals surface area contributed by atoms with Gasteiger partial charge < -0.3 is 11.1 Å². The molecule has 0 aliphatic carbocycles. The molecule has 1 unspecified atom stereocenters. The maximum Gasteiger partial charge on any atom is 0.104 e. The Morgan fingerprint density at radius 3 is 2.53 bits per heavy atom. The van der Waals surface area contributed by atoms with E-state index < -0.39 is 0 Å². The van der Waals surface area contributed by atoms with Crippen molar-refractivity contribution >= 4 is 34.5 Å². The average Bonchev–Trinajstić information content (AvgIpc) is 2.31. The SMILES string of the molecule is CC(C)CCCC(C)Nc1ccc(C(N)=S)cc1Cl. The molecule has 1 atom stereocenters. The van der Waals surface area contributed by atoms with E-state index in [0.717, 1.165) is 23.6 Å². The largest absolute Gasteiger partial charge is 0.389 e. The van der Waals surface area contributed by atoms with Gasteiger partial charge in [0.25, 0.3) is 0 Å². The molecule has 4 heteroatoms. The topological polar surface area (TPSA) is 38.0 Å².